The molecule has 0 heterocycles. The summed E-state index contributed by atoms with van der Waals surface area (Å²) >= 11 is 3.51. The third-order valence-electron chi connectivity index (χ3n) is 3.41. The van der Waals surface area contributed by atoms with Crippen molar-refractivity contribution < 1.29 is 4.39 Å². The second-order valence-corrected chi connectivity index (χ2v) is 6.18. The van der Waals surface area contributed by atoms with E-state index < -0.39 is 0 Å². The summed E-state index contributed by atoms with van der Waals surface area (Å²) in [5, 5.41) is 3.39. The minimum absolute atomic E-state index is 0.199. The van der Waals surface area contributed by atoms with Crippen molar-refractivity contribution in [3.05, 3.63) is 70.0 Å². The molecule has 1 nitrogen and oxygen atoms in total. The Balaban J connectivity index is 2.07. The Labute approximate surface area is 140 Å². The monoisotopic (exact) mass is 361 g/mol. The average Bonchev–Trinajstić information content (AvgIpc) is 2.51. The molecule has 0 aromatic heterocycles. The summed E-state index contributed by atoms with van der Waals surface area (Å²) in [7, 11) is 0. The van der Waals surface area contributed by atoms with E-state index in [0.717, 1.165) is 27.7 Å². The number of benzene rings is 2. The lowest BCUT2D eigenvalue weighted by Gasteiger charge is -2.11. The first-order valence-corrected chi connectivity index (χ1v) is 8.42. The van der Waals surface area contributed by atoms with Crippen molar-refractivity contribution in [1.82, 2.24) is 0 Å². The van der Waals surface area contributed by atoms with Crippen molar-refractivity contribution >= 4 is 27.7 Å². The Kier molecular flexibility index (Phi) is 6.66. The van der Waals surface area contributed by atoms with Gasteiger partial charge in [-0.2, -0.15) is 0 Å². The molecule has 2 rings (SSSR count). The minimum Gasteiger partial charge on any atom is -0.380 e. The van der Waals surface area contributed by atoms with Crippen LogP contribution in [0.3, 0.4) is 0 Å². The van der Waals surface area contributed by atoms with Gasteiger partial charge in [-0.25, -0.2) is 4.39 Å². The van der Waals surface area contributed by atoms with Crippen molar-refractivity contribution in [2.45, 2.75) is 32.7 Å². The van der Waals surface area contributed by atoms with Gasteiger partial charge in [0, 0.05) is 16.7 Å². The van der Waals surface area contributed by atoms with E-state index >= 15 is 0 Å². The molecular weight excluding hydrogens is 341 g/mol. The van der Waals surface area contributed by atoms with E-state index in [1.54, 1.807) is 12.1 Å². The predicted molar refractivity (Wildman–Crippen MR) is 96.4 cm³/mol. The standard InChI is InChI=1S/C19H21BrFN/c1-2-3-4-5-8-16-13-17(20)10-11-19(16)22-14-15-7-6-9-18(21)12-15/h5-13,22H,2-4,14H2,1H3/b8-5+. The molecule has 116 valence electrons. The van der Waals surface area contributed by atoms with E-state index in [1.807, 2.05) is 18.2 Å². The molecule has 0 spiro atoms. The van der Waals surface area contributed by atoms with Crippen LogP contribution in [0.1, 0.15) is 37.3 Å². The van der Waals surface area contributed by atoms with Gasteiger partial charge in [0.05, 0.1) is 0 Å². The molecule has 0 aliphatic carbocycles. The van der Waals surface area contributed by atoms with Gasteiger partial charge in [0.2, 0.25) is 0 Å². The van der Waals surface area contributed by atoms with Crippen molar-refractivity contribution in [3.63, 3.8) is 0 Å². The molecule has 2 aromatic rings. The number of allylic oxidation sites excluding steroid dienone is 1. The molecule has 1 N–H and O–H groups in total. The third kappa shape index (κ3) is 5.30. The van der Waals surface area contributed by atoms with Crippen molar-refractivity contribution in [2.75, 3.05) is 5.32 Å². The lowest BCUT2D eigenvalue weighted by atomic mass is 10.1. The average molecular weight is 362 g/mol. The number of halogens is 2. The lowest BCUT2D eigenvalue weighted by molar-refractivity contribution is 0.626. The maximum Gasteiger partial charge on any atom is 0.123 e. The van der Waals surface area contributed by atoms with Crippen LogP contribution in [0.4, 0.5) is 10.1 Å². The normalized spacial score (nSPS) is 11.0. The highest BCUT2D eigenvalue weighted by atomic mass is 79.9. The van der Waals surface area contributed by atoms with Gasteiger partial charge in [0.15, 0.2) is 0 Å². The first-order valence-electron chi connectivity index (χ1n) is 7.63. The van der Waals surface area contributed by atoms with Crippen LogP contribution in [0.2, 0.25) is 0 Å². The third-order valence-corrected chi connectivity index (χ3v) is 3.90. The Morgan fingerprint density at radius 2 is 2.05 bits per heavy atom. The predicted octanol–water partition coefficient (Wildman–Crippen LogP) is 6.40. The number of anilines is 1. The maximum absolute atomic E-state index is 13.2. The number of nitrogens with one attached hydrogen (secondary N) is 1. The Morgan fingerprint density at radius 3 is 2.82 bits per heavy atom. The SMILES string of the molecule is CCCC/C=C/c1cc(Br)ccc1NCc1cccc(F)c1. The fourth-order valence-electron chi connectivity index (χ4n) is 2.21. The van der Waals surface area contributed by atoms with Crippen LogP contribution in [0.25, 0.3) is 6.08 Å². The lowest BCUT2D eigenvalue weighted by Crippen LogP contribution is -2.01. The zero-order valence-electron chi connectivity index (χ0n) is 12.8. The number of unbranched alkanes of at least 4 members (excludes halogenated alkanes) is 2. The van der Waals surface area contributed by atoms with Crippen LogP contribution in [-0.4, -0.2) is 0 Å². The van der Waals surface area contributed by atoms with Crippen LogP contribution in [0, 0.1) is 5.82 Å². The van der Waals surface area contributed by atoms with E-state index in [-0.39, 0.29) is 5.82 Å². The van der Waals surface area contributed by atoms with Gasteiger partial charge in [-0.3, -0.25) is 0 Å². The Bertz CT molecular complexity index is 637. The first-order chi connectivity index (χ1) is 10.7. The topological polar surface area (TPSA) is 12.0 Å². The molecule has 0 aliphatic heterocycles. The summed E-state index contributed by atoms with van der Waals surface area (Å²) < 4.78 is 14.3. The van der Waals surface area contributed by atoms with Crippen molar-refractivity contribution in [1.29, 1.82) is 0 Å². The number of rotatable bonds is 7. The molecule has 0 unspecified atom stereocenters. The Morgan fingerprint density at radius 1 is 1.18 bits per heavy atom. The highest BCUT2D eigenvalue weighted by molar-refractivity contribution is 9.10. The van der Waals surface area contributed by atoms with Gasteiger partial charge in [0.25, 0.3) is 0 Å². The minimum atomic E-state index is -0.199. The largest absolute Gasteiger partial charge is 0.380 e. The number of hydrogen-bond acceptors (Lipinski definition) is 1. The zero-order chi connectivity index (χ0) is 15.8. The summed E-state index contributed by atoms with van der Waals surface area (Å²) in [5.74, 6) is -0.199. The van der Waals surface area contributed by atoms with Crippen molar-refractivity contribution in [3.8, 4) is 0 Å². The fourth-order valence-corrected chi connectivity index (χ4v) is 2.59. The van der Waals surface area contributed by atoms with Gasteiger partial charge in [-0.05, 0) is 47.9 Å². The fraction of sp³-hybridized carbons (Fsp3) is 0.263. The highest BCUT2D eigenvalue weighted by Gasteiger charge is 2.01. The van der Waals surface area contributed by atoms with Crippen LogP contribution in [-0.2, 0) is 6.54 Å². The second kappa shape index (κ2) is 8.74. The molecule has 0 fully saturated rings. The first kappa shape index (κ1) is 16.8. The van der Waals surface area contributed by atoms with E-state index in [0.29, 0.717) is 6.54 Å². The Hall–Kier alpha value is -1.61. The molecule has 0 amide bonds. The second-order valence-electron chi connectivity index (χ2n) is 5.26. The van der Waals surface area contributed by atoms with Crippen LogP contribution in [0.15, 0.2) is 53.0 Å². The van der Waals surface area contributed by atoms with Gasteiger partial charge >= 0.3 is 0 Å². The molecule has 2 aromatic carbocycles. The van der Waals surface area contributed by atoms with Gasteiger partial charge in [-0.1, -0.05) is 60.0 Å². The summed E-state index contributed by atoms with van der Waals surface area (Å²) in [6.07, 6.45) is 7.85. The summed E-state index contributed by atoms with van der Waals surface area (Å²) in [6.45, 7) is 2.80. The molecule has 3 heteroatoms. The van der Waals surface area contributed by atoms with Gasteiger partial charge in [0.1, 0.15) is 5.82 Å². The molecule has 0 saturated heterocycles. The molecule has 0 bridgehead atoms. The summed E-state index contributed by atoms with van der Waals surface area (Å²) in [6, 6.07) is 12.8. The van der Waals surface area contributed by atoms with Crippen LogP contribution < -0.4 is 5.32 Å². The van der Waals surface area contributed by atoms with Crippen LogP contribution in [0.5, 0.6) is 0 Å². The van der Waals surface area contributed by atoms with Gasteiger partial charge in [-0.15, -0.1) is 0 Å². The summed E-state index contributed by atoms with van der Waals surface area (Å²) in [4.78, 5) is 0. The summed E-state index contributed by atoms with van der Waals surface area (Å²) in [5.41, 5.74) is 3.13. The smallest absolute Gasteiger partial charge is 0.123 e. The molecule has 22 heavy (non-hydrogen) atoms. The molecule has 0 aliphatic rings. The van der Waals surface area contributed by atoms with Gasteiger partial charge < -0.3 is 5.32 Å². The maximum atomic E-state index is 13.2. The van der Waals surface area contributed by atoms with E-state index in [4.69, 9.17) is 0 Å². The zero-order valence-corrected chi connectivity index (χ0v) is 14.4. The van der Waals surface area contributed by atoms with E-state index in [1.165, 1.54) is 18.9 Å². The molecule has 0 radical (unpaired) electrons. The van der Waals surface area contributed by atoms with E-state index in [2.05, 4.69) is 46.4 Å². The van der Waals surface area contributed by atoms with Crippen molar-refractivity contribution in [2.24, 2.45) is 0 Å². The molecular formula is C19H21BrFN. The quantitative estimate of drug-likeness (QED) is 0.562. The molecule has 0 saturated carbocycles. The van der Waals surface area contributed by atoms with Crippen LogP contribution >= 0.6 is 15.9 Å². The number of hydrogen-bond donors (Lipinski definition) is 1. The van der Waals surface area contributed by atoms with E-state index in [9.17, 15) is 4.39 Å². The highest BCUT2D eigenvalue weighted by Crippen LogP contribution is 2.23. The molecule has 0 atom stereocenters.